The third-order valence-corrected chi connectivity index (χ3v) is 3.01. The Balaban J connectivity index is 2.06. The van der Waals surface area contributed by atoms with Crippen molar-refractivity contribution in [1.82, 2.24) is 20.3 Å². The van der Waals surface area contributed by atoms with Crippen LogP contribution in [0.5, 0.6) is 0 Å². The number of nitrogens with one attached hydrogen (secondary N) is 2. The topological polar surface area (TPSA) is 115 Å². The molecule has 0 spiro atoms. The van der Waals surface area contributed by atoms with Crippen molar-refractivity contribution < 1.29 is 0 Å². The van der Waals surface area contributed by atoms with E-state index in [-0.39, 0.29) is 11.9 Å². The fourth-order valence-corrected chi connectivity index (χ4v) is 2.18. The Hall–Kier alpha value is -1.63. The Kier molecular flexibility index (Phi) is 3.58. The second-order valence-electron chi connectivity index (χ2n) is 4.24. The van der Waals surface area contributed by atoms with Crippen molar-refractivity contribution in [3.8, 4) is 0 Å². The van der Waals surface area contributed by atoms with Crippen LogP contribution in [0.25, 0.3) is 0 Å². The molecular weight excluding hydrogens is 218 g/mol. The fraction of sp³-hybridized carbons (Fsp3) is 0.700. The van der Waals surface area contributed by atoms with Crippen LogP contribution in [0.4, 0.5) is 17.8 Å². The summed E-state index contributed by atoms with van der Waals surface area (Å²) in [6.45, 7) is 3.20. The summed E-state index contributed by atoms with van der Waals surface area (Å²) in [5.74, 6) is 0.749. The molecule has 1 fully saturated rings. The third-order valence-electron chi connectivity index (χ3n) is 3.01. The average molecular weight is 237 g/mol. The van der Waals surface area contributed by atoms with E-state index in [2.05, 4.69) is 32.5 Å². The van der Waals surface area contributed by atoms with Crippen molar-refractivity contribution in [2.45, 2.75) is 38.3 Å². The van der Waals surface area contributed by atoms with Crippen LogP contribution >= 0.6 is 0 Å². The Morgan fingerprint density at radius 2 is 2.06 bits per heavy atom. The zero-order valence-corrected chi connectivity index (χ0v) is 9.98. The normalized spacial score (nSPS) is 21.4. The summed E-state index contributed by atoms with van der Waals surface area (Å²) in [7, 11) is 0. The molecule has 1 aromatic rings. The molecule has 7 heteroatoms. The third kappa shape index (κ3) is 2.94. The molecule has 0 radical (unpaired) electrons. The van der Waals surface area contributed by atoms with Gasteiger partial charge in [0.1, 0.15) is 0 Å². The van der Waals surface area contributed by atoms with E-state index in [9.17, 15) is 0 Å². The highest BCUT2D eigenvalue weighted by atomic mass is 15.2. The molecule has 2 rings (SSSR count). The molecule has 94 valence electrons. The van der Waals surface area contributed by atoms with Crippen LogP contribution in [0, 0.1) is 0 Å². The van der Waals surface area contributed by atoms with Crippen LogP contribution in [-0.4, -0.2) is 33.6 Å². The first-order valence-corrected chi connectivity index (χ1v) is 5.96. The number of nitrogens with zero attached hydrogens (tertiary/aromatic N) is 3. The molecule has 1 aliphatic heterocycles. The highest BCUT2D eigenvalue weighted by molar-refractivity contribution is 5.38. The van der Waals surface area contributed by atoms with Gasteiger partial charge < -0.3 is 22.1 Å². The molecule has 0 saturated carbocycles. The van der Waals surface area contributed by atoms with Crippen LogP contribution in [0.2, 0.25) is 0 Å². The van der Waals surface area contributed by atoms with Gasteiger partial charge in [-0.15, -0.1) is 0 Å². The van der Waals surface area contributed by atoms with Crippen LogP contribution < -0.4 is 22.1 Å². The molecule has 1 aromatic heterocycles. The van der Waals surface area contributed by atoms with Crippen molar-refractivity contribution >= 4 is 17.8 Å². The van der Waals surface area contributed by atoms with E-state index < -0.39 is 0 Å². The highest BCUT2D eigenvalue weighted by Gasteiger charge is 2.23. The van der Waals surface area contributed by atoms with Gasteiger partial charge in [-0.2, -0.15) is 15.0 Å². The highest BCUT2D eigenvalue weighted by Crippen LogP contribution is 2.15. The largest absolute Gasteiger partial charge is 0.368 e. The van der Waals surface area contributed by atoms with Crippen molar-refractivity contribution in [3.05, 3.63) is 0 Å². The maximum absolute atomic E-state index is 5.53. The first kappa shape index (κ1) is 11.8. The molecule has 6 N–H and O–H groups in total. The summed E-state index contributed by atoms with van der Waals surface area (Å²) >= 11 is 0. The monoisotopic (exact) mass is 237 g/mol. The van der Waals surface area contributed by atoms with Crippen molar-refractivity contribution in [3.63, 3.8) is 0 Å². The molecule has 2 atom stereocenters. The minimum Gasteiger partial charge on any atom is -0.368 e. The van der Waals surface area contributed by atoms with E-state index >= 15 is 0 Å². The lowest BCUT2D eigenvalue weighted by Gasteiger charge is -2.23. The van der Waals surface area contributed by atoms with Gasteiger partial charge in [-0.25, -0.2) is 0 Å². The molecule has 2 unspecified atom stereocenters. The van der Waals surface area contributed by atoms with Gasteiger partial charge >= 0.3 is 0 Å². The summed E-state index contributed by atoms with van der Waals surface area (Å²) in [4.78, 5) is 11.8. The predicted octanol–water partition coefficient (Wildman–Crippen LogP) is -0.0215. The Labute approximate surface area is 100 Å². The van der Waals surface area contributed by atoms with Crippen LogP contribution in [0.1, 0.15) is 26.2 Å². The number of nitrogens with two attached hydrogens (primary N) is 2. The number of hydrogen-bond acceptors (Lipinski definition) is 7. The van der Waals surface area contributed by atoms with Crippen LogP contribution in [-0.2, 0) is 0 Å². The van der Waals surface area contributed by atoms with Gasteiger partial charge in [0.05, 0.1) is 0 Å². The molecule has 7 nitrogen and oxygen atoms in total. The van der Waals surface area contributed by atoms with E-state index in [1.165, 1.54) is 12.8 Å². The molecule has 17 heavy (non-hydrogen) atoms. The van der Waals surface area contributed by atoms with Gasteiger partial charge in [0.15, 0.2) is 0 Å². The number of hydrogen-bond donors (Lipinski definition) is 4. The second-order valence-corrected chi connectivity index (χ2v) is 4.24. The van der Waals surface area contributed by atoms with Crippen molar-refractivity contribution in [1.29, 1.82) is 0 Å². The molecule has 2 heterocycles. The lowest BCUT2D eigenvalue weighted by atomic mass is 10.0. The summed E-state index contributed by atoms with van der Waals surface area (Å²) in [5.41, 5.74) is 11.1. The minimum absolute atomic E-state index is 0.147. The smallest absolute Gasteiger partial charge is 0.229 e. The first-order valence-electron chi connectivity index (χ1n) is 5.96. The van der Waals surface area contributed by atoms with E-state index in [4.69, 9.17) is 11.5 Å². The molecular formula is C10H19N7. The SMILES string of the molecule is CCC(Nc1nc(N)nc(N)n1)C1CCCN1. The van der Waals surface area contributed by atoms with Gasteiger partial charge in [0, 0.05) is 12.1 Å². The maximum Gasteiger partial charge on any atom is 0.229 e. The standard InChI is InChI=1S/C10H19N7/c1-2-6(7-4-3-5-13-7)14-10-16-8(11)15-9(12)17-10/h6-7,13H,2-5H2,1H3,(H5,11,12,14,15,16,17). The van der Waals surface area contributed by atoms with E-state index in [0.29, 0.717) is 18.0 Å². The van der Waals surface area contributed by atoms with Gasteiger partial charge in [0.2, 0.25) is 17.8 Å². The fourth-order valence-electron chi connectivity index (χ4n) is 2.18. The summed E-state index contributed by atoms with van der Waals surface area (Å²) in [6, 6.07) is 0.748. The van der Waals surface area contributed by atoms with Gasteiger partial charge in [-0.3, -0.25) is 0 Å². The molecule has 0 aliphatic carbocycles. The Morgan fingerprint density at radius 3 is 2.59 bits per heavy atom. The molecule has 0 bridgehead atoms. The molecule has 1 aliphatic rings. The Morgan fingerprint density at radius 1 is 1.35 bits per heavy atom. The quantitative estimate of drug-likeness (QED) is 0.581. The Bertz CT molecular complexity index is 355. The number of anilines is 3. The van der Waals surface area contributed by atoms with Gasteiger partial charge in [-0.1, -0.05) is 6.92 Å². The zero-order chi connectivity index (χ0) is 12.3. The number of aromatic nitrogens is 3. The van der Waals surface area contributed by atoms with Crippen molar-refractivity contribution in [2.75, 3.05) is 23.3 Å². The minimum atomic E-state index is 0.147. The summed E-state index contributed by atoms with van der Waals surface area (Å²) in [6.07, 6.45) is 3.37. The van der Waals surface area contributed by atoms with Gasteiger partial charge in [-0.05, 0) is 25.8 Å². The maximum atomic E-state index is 5.53. The van der Waals surface area contributed by atoms with Crippen LogP contribution in [0.15, 0.2) is 0 Å². The van der Waals surface area contributed by atoms with E-state index in [1.54, 1.807) is 0 Å². The predicted molar refractivity (Wildman–Crippen MR) is 67.4 cm³/mol. The molecule has 0 aromatic carbocycles. The number of nitrogen functional groups attached to an aromatic ring is 2. The molecule has 0 amide bonds. The number of rotatable bonds is 4. The van der Waals surface area contributed by atoms with Gasteiger partial charge in [0.25, 0.3) is 0 Å². The molecule has 1 saturated heterocycles. The van der Waals surface area contributed by atoms with E-state index in [1.807, 2.05) is 0 Å². The zero-order valence-electron chi connectivity index (χ0n) is 9.98. The average Bonchev–Trinajstić information content (AvgIpc) is 2.77. The lowest BCUT2D eigenvalue weighted by molar-refractivity contribution is 0.496. The van der Waals surface area contributed by atoms with E-state index in [0.717, 1.165) is 13.0 Å². The van der Waals surface area contributed by atoms with Crippen molar-refractivity contribution in [2.24, 2.45) is 0 Å². The first-order chi connectivity index (χ1) is 8.19. The summed E-state index contributed by atoms with van der Waals surface area (Å²) < 4.78 is 0. The lowest BCUT2D eigenvalue weighted by Crippen LogP contribution is -2.40. The second kappa shape index (κ2) is 5.13. The van der Waals surface area contributed by atoms with Crippen LogP contribution in [0.3, 0.4) is 0 Å². The summed E-state index contributed by atoms with van der Waals surface area (Å²) in [5, 5.41) is 6.73.